The van der Waals surface area contributed by atoms with E-state index in [1.165, 1.54) is 5.56 Å². The van der Waals surface area contributed by atoms with Gasteiger partial charge in [0.05, 0.1) is 16.6 Å². The Morgan fingerprint density at radius 3 is 2.75 bits per heavy atom. The Morgan fingerprint density at radius 2 is 2.00 bits per heavy atom. The summed E-state index contributed by atoms with van der Waals surface area (Å²) in [4.78, 5) is 4.72. The monoisotopic (exact) mass is 378 g/mol. The predicted molar refractivity (Wildman–Crippen MR) is 90.0 cm³/mol. The predicted octanol–water partition coefficient (Wildman–Crippen LogP) is 4.34. The second-order valence-corrected chi connectivity index (χ2v) is 6.08. The summed E-state index contributed by atoms with van der Waals surface area (Å²) < 4.78 is 3.22. The van der Waals surface area contributed by atoms with E-state index < -0.39 is 0 Å². The number of rotatable bonds is 2. The fourth-order valence-electron chi connectivity index (χ4n) is 2.45. The van der Waals surface area contributed by atoms with Gasteiger partial charge in [0.15, 0.2) is 0 Å². The smallest absolute Gasteiger partial charge is 0.144 e. The molecule has 4 heteroatoms. The standard InChI is InChI=1S/C16H15IN2O/c1-3-19-14-6-4-10(2)8-13(14)18-16(19)12-9-11(17)5-7-15(12)20/h4-9,20H,3H2,1-2H3. The molecule has 0 spiro atoms. The molecule has 0 aliphatic carbocycles. The van der Waals surface area contributed by atoms with Crippen LogP contribution in [0.4, 0.5) is 0 Å². The normalized spacial score (nSPS) is 11.2. The zero-order chi connectivity index (χ0) is 14.3. The molecule has 0 amide bonds. The minimum Gasteiger partial charge on any atom is -0.507 e. The summed E-state index contributed by atoms with van der Waals surface area (Å²) in [6.07, 6.45) is 0. The fourth-order valence-corrected chi connectivity index (χ4v) is 2.94. The molecular weight excluding hydrogens is 363 g/mol. The Bertz CT molecular complexity index is 793. The molecule has 3 aromatic rings. The summed E-state index contributed by atoms with van der Waals surface area (Å²) in [5.74, 6) is 1.09. The number of benzene rings is 2. The summed E-state index contributed by atoms with van der Waals surface area (Å²) in [6.45, 7) is 4.97. The number of imidazole rings is 1. The first-order chi connectivity index (χ1) is 9.60. The van der Waals surface area contributed by atoms with E-state index >= 15 is 0 Å². The Morgan fingerprint density at radius 1 is 1.20 bits per heavy atom. The van der Waals surface area contributed by atoms with Gasteiger partial charge in [0.1, 0.15) is 11.6 Å². The number of halogens is 1. The Kier molecular flexibility index (Phi) is 3.41. The van der Waals surface area contributed by atoms with Gasteiger partial charge in [-0.15, -0.1) is 0 Å². The van der Waals surface area contributed by atoms with Crippen molar-refractivity contribution in [2.24, 2.45) is 0 Å². The first kappa shape index (κ1) is 13.4. The van der Waals surface area contributed by atoms with Gasteiger partial charge in [-0.1, -0.05) is 6.07 Å². The van der Waals surface area contributed by atoms with Crippen LogP contribution in [0.3, 0.4) is 0 Å². The van der Waals surface area contributed by atoms with Crippen LogP contribution < -0.4 is 0 Å². The van der Waals surface area contributed by atoms with Crippen LogP contribution in [0.25, 0.3) is 22.4 Å². The van der Waals surface area contributed by atoms with E-state index in [1.54, 1.807) is 6.07 Å². The molecule has 0 atom stereocenters. The molecule has 20 heavy (non-hydrogen) atoms. The van der Waals surface area contributed by atoms with Gasteiger partial charge in [0.2, 0.25) is 0 Å². The van der Waals surface area contributed by atoms with Crippen LogP contribution in [0.1, 0.15) is 12.5 Å². The summed E-state index contributed by atoms with van der Waals surface area (Å²) >= 11 is 2.25. The van der Waals surface area contributed by atoms with Gasteiger partial charge in [0.25, 0.3) is 0 Å². The second kappa shape index (κ2) is 5.09. The first-order valence-corrected chi connectivity index (χ1v) is 7.64. The molecule has 1 heterocycles. The SMILES string of the molecule is CCn1c(-c2cc(I)ccc2O)nc2cc(C)ccc21. The maximum atomic E-state index is 10.1. The molecule has 3 rings (SSSR count). The van der Waals surface area contributed by atoms with Crippen LogP contribution in [0.15, 0.2) is 36.4 Å². The Balaban J connectivity index is 2.32. The minimum absolute atomic E-state index is 0.271. The highest BCUT2D eigenvalue weighted by atomic mass is 127. The van der Waals surface area contributed by atoms with Crippen molar-refractivity contribution in [2.45, 2.75) is 20.4 Å². The van der Waals surface area contributed by atoms with Crippen molar-refractivity contribution in [2.75, 3.05) is 0 Å². The van der Waals surface area contributed by atoms with Crippen LogP contribution in [-0.4, -0.2) is 14.7 Å². The van der Waals surface area contributed by atoms with Crippen molar-refractivity contribution in [1.29, 1.82) is 0 Å². The van der Waals surface area contributed by atoms with Gasteiger partial charge in [-0.25, -0.2) is 4.98 Å². The number of nitrogens with zero attached hydrogens (tertiary/aromatic N) is 2. The van der Waals surface area contributed by atoms with Crippen LogP contribution >= 0.6 is 22.6 Å². The van der Waals surface area contributed by atoms with E-state index in [0.29, 0.717) is 0 Å². The van der Waals surface area contributed by atoms with Gasteiger partial charge >= 0.3 is 0 Å². The molecule has 0 unspecified atom stereocenters. The average Bonchev–Trinajstić information content (AvgIpc) is 2.78. The zero-order valence-corrected chi connectivity index (χ0v) is 13.5. The topological polar surface area (TPSA) is 38.0 Å². The van der Waals surface area contributed by atoms with Crippen molar-refractivity contribution in [1.82, 2.24) is 9.55 Å². The molecule has 0 radical (unpaired) electrons. The lowest BCUT2D eigenvalue weighted by atomic mass is 10.2. The van der Waals surface area contributed by atoms with Crippen molar-refractivity contribution < 1.29 is 5.11 Å². The minimum atomic E-state index is 0.271. The molecule has 0 aliphatic rings. The fraction of sp³-hybridized carbons (Fsp3) is 0.188. The number of hydrogen-bond acceptors (Lipinski definition) is 2. The van der Waals surface area contributed by atoms with Gasteiger partial charge in [0, 0.05) is 10.1 Å². The van der Waals surface area contributed by atoms with Crippen LogP contribution in [0.5, 0.6) is 5.75 Å². The number of phenolic OH excluding ortho intramolecular Hbond substituents is 1. The molecule has 102 valence electrons. The van der Waals surface area contributed by atoms with Crippen molar-refractivity contribution in [3.05, 3.63) is 45.5 Å². The number of fused-ring (bicyclic) bond motifs is 1. The quantitative estimate of drug-likeness (QED) is 0.674. The lowest BCUT2D eigenvalue weighted by Gasteiger charge is -2.08. The molecule has 0 bridgehead atoms. The molecule has 3 nitrogen and oxygen atoms in total. The Labute approximate surface area is 131 Å². The molecule has 2 aromatic carbocycles. The highest BCUT2D eigenvalue weighted by Gasteiger charge is 2.15. The third-order valence-corrected chi connectivity index (χ3v) is 4.09. The van der Waals surface area contributed by atoms with E-state index in [1.807, 2.05) is 12.1 Å². The van der Waals surface area contributed by atoms with Crippen LogP contribution in [-0.2, 0) is 6.54 Å². The van der Waals surface area contributed by atoms with Crippen molar-refractivity contribution in [3.8, 4) is 17.1 Å². The summed E-state index contributed by atoms with van der Waals surface area (Å²) in [5, 5.41) is 10.1. The lowest BCUT2D eigenvalue weighted by molar-refractivity contribution is 0.476. The van der Waals surface area contributed by atoms with Crippen LogP contribution in [0.2, 0.25) is 0 Å². The summed E-state index contributed by atoms with van der Waals surface area (Å²) in [5.41, 5.74) is 4.05. The van der Waals surface area contributed by atoms with Crippen LogP contribution in [0, 0.1) is 10.5 Å². The highest BCUT2D eigenvalue weighted by molar-refractivity contribution is 14.1. The molecule has 1 N–H and O–H groups in total. The molecule has 1 aromatic heterocycles. The maximum Gasteiger partial charge on any atom is 0.144 e. The largest absolute Gasteiger partial charge is 0.507 e. The van der Waals surface area contributed by atoms with E-state index in [2.05, 4.69) is 59.2 Å². The third-order valence-electron chi connectivity index (χ3n) is 3.42. The molecule has 0 aliphatic heterocycles. The third kappa shape index (κ3) is 2.18. The highest BCUT2D eigenvalue weighted by Crippen LogP contribution is 2.32. The number of aromatic hydroxyl groups is 1. The number of aryl methyl sites for hydroxylation is 2. The maximum absolute atomic E-state index is 10.1. The van der Waals surface area contributed by atoms with E-state index in [0.717, 1.165) is 32.5 Å². The molecular formula is C16H15IN2O. The van der Waals surface area contributed by atoms with Gasteiger partial charge in [-0.3, -0.25) is 0 Å². The number of aromatic nitrogens is 2. The second-order valence-electron chi connectivity index (χ2n) is 4.83. The van der Waals surface area contributed by atoms with Gasteiger partial charge in [-0.2, -0.15) is 0 Å². The van der Waals surface area contributed by atoms with E-state index in [-0.39, 0.29) is 5.75 Å². The molecule has 0 saturated heterocycles. The first-order valence-electron chi connectivity index (χ1n) is 6.56. The number of hydrogen-bond donors (Lipinski definition) is 1. The van der Waals surface area contributed by atoms with Crippen molar-refractivity contribution >= 4 is 33.6 Å². The van der Waals surface area contributed by atoms with Gasteiger partial charge in [-0.05, 0) is 72.3 Å². The zero-order valence-electron chi connectivity index (χ0n) is 11.4. The Hall–Kier alpha value is -1.56. The number of phenols is 1. The van der Waals surface area contributed by atoms with E-state index in [9.17, 15) is 5.11 Å². The van der Waals surface area contributed by atoms with Crippen molar-refractivity contribution in [3.63, 3.8) is 0 Å². The van der Waals surface area contributed by atoms with E-state index in [4.69, 9.17) is 4.98 Å². The summed E-state index contributed by atoms with van der Waals surface area (Å²) in [7, 11) is 0. The van der Waals surface area contributed by atoms with Gasteiger partial charge < -0.3 is 9.67 Å². The lowest BCUT2D eigenvalue weighted by Crippen LogP contribution is -1.98. The molecule has 0 saturated carbocycles. The summed E-state index contributed by atoms with van der Waals surface area (Å²) in [6, 6.07) is 11.8. The average molecular weight is 378 g/mol. The molecule has 0 fully saturated rings.